The zero-order chi connectivity index (χ0) is 12.2. The monoisotopic (exact) mass is 262 g/mol. The van der Waals surface area contributed by atoms with Crippen LogP contribution in [-0.2, 0) is 13.8 Å². The molecule has 0 spiro atoms. The summed E-state index contributed by atoms with van der Waals surface area (Å²) in [5.74, 6) is 0. The van der Waals surface area contributed by atoms with Crippen molar-refractivity contribution >= 4 is 19.7 Å². The molecule has 0 N–H and O–H groups in total. The highest BCUT2D eigenvalue weighted by Gasteiger charge is 2.11. The maximum absolute atomic E-state index is 11.0. The van der Waals surface area contributed by atoms with Crippen LogP contribution in [0.25, 0.3) is 0 Å². The van der Waals surface area contributed by atoms with E-state index in [1.165, 1.54) is 12.1 Å². The van der Waals surface area contributed by atoms with E-state index in [4.69, 9.17) is 15.4 Å². The molecule has 3 nitrogen and oxygen atoms in total. The molecule has 0 radical (unpaired) electrons. The van der Waals surface area contributed by atoms with Crippen molar-refractivity contribution in [1.82, 2.24) is 0 Å². The molecular formula is C11H15ClO3S. The van der Waals surface area contributed by atoms with Gasteiger partial charge in [-0.3, -0.25) is 0 Å². The molecule has 1 atom stereocenters. The van der Waals surface area contributed by atoms with E-state index >= 15 is 0 Å². The van der Waals surface area contributed by atoms with Gasteiger partial charge in [-0.25, -0.2) is 8.42 Å². The topological polar surface area (TPSA) is 43.4 Å². The van der Waals surface area contributed by atoms with Gasteiger partial charge < -0.3 is 4.74 Å². The summed E-state index contributed by atoms with van der Waals surface area (Å²) >= 11 is 0. The molecule has 1 rings (SSSR count). The Balaban J connectivity index is 2.79. The quantitative estimate of drug-likeness (QED) is 0.766. The highest BCUT2D eigenvalue weighted by atomic mass is 35.7. The van der Waals surface area contributed by atoms with E-state index in [0.717, 1.165) is 12.0 Å². The number of hydrogen-bond donors (Lipinski definition) is 0. The van der Waals surface area contributed by atoms with Gasteiger partial charge in [-0.15, -0.1) is 0 Å². The van der Waals surface area contributed by atoms with Gasteiger partial charge in [-0.05, 0) is 31.0 Å². The smallest absolute Gasteiger partial charge is 0.261 e. The maximum Gasteiger partial charge on any atom is 0.261 e. The number of benzene rings is 1. The average Bonchev–Trinajstić information content (AvgIpc) is 2.25. The van der Waals surface area contributed by atoms with Crippen LogP contribution in [0.1, 0.15) is 31.9 Å². The average molecular weight is 263 g/mol. The summed E-state index contributed by atoms with van der Waals surface area (Å²) in [5, 5.41) is 0. The Morgan fingerprint density at radius 2 is 1.88 bits per heavy atom. The van der Waals surface area contributed by atoms with Crippen LogP contribution >= 0.6 is 10.7 Å². The third-order valence-corrected chi connectivity index (χ3v) is 3.57. The molecule has 1 aromatic carbocycles. The molecule has 90 valence electrons. The van der Waals surface area contributed by atoms with Gasteiger partial charge in [0.2, 0.25) is 0 Å². The highest BCUT2D eigenvalue weighted by Crippen LogP contribution is 2.21. The molecule has 0 bridgehead atoms. The van der Waals surface area contributed by atoms with E-state index in [0.29, 0.717) is 6.61 Å². The summed E-state index contributed by atoms with van der Waals surface area (Å²) in [6.45, 7) is 4.66. The fourth-order valence-corrected chi connectivity index (χ4v) is 2.06. The molecule has 1 aromatic rings. The Kier molecular flexibility index (Phi) is 4.77. The van der Waals surface area contributed by atoms with E-state index in [1.807, 2.05) is 13.8 Å². The zero-order valence-electron chi connectivity index (χ0n) is 9.31. The lowest BCUT2D eigenvalue weighted by Gasteiger charge is -2.12. The van der Waals surface area contributed by atoms with Crippen LogP contribution in [0.3, 0.4) is 0 Å². The van der Waals surface area contributed by atoms with Crippen molar-refractivity contribution in [2.24, 2.45) is 0 Å². The molecule has 5 heteroatoms. The van der Waals surface area contributed by atoms with Crippen LogP contribution in [0.4, 0.5) is 0 Å². The molecule has 0 unspecified atom stereocenters. The van der Waals surface area contributed by atoms with Crippen molar-refractivity contribution in [3.05, 3.63) is 29.8 Å². The second-order valence-electron chi connectivity index (χ2n) is 3.52. The standard InChI is InChI=1S/C11H15ClO3S/c1-3-8-15-9(2)10-4-6-11(7-5-10)16(12,13)14/h4-7,9H,3,8H2,1-2H3/t9-/m0/s1. The molecule has 0 fully saturated rings. The van der Waals surface area contributed by atoms with Crippen molar-refractivity contribution in [3.8, 4) is 0 Å². The number of ether oxygens (including phenoxy) is 1. The van der Waals surface area contributed by atoms with Crippen molar-refractivity contribution in [3.63, 3.8) is 0 Å². The van der Waals surface area contributed by atoms with Gasteiger partial charge in [0.1, 0.15) is 0 Å². The van der Waals surface area contributed by atoms with Crippen LogP contribution < -0.4 is 0 Å². The number of hydrogen-bond acceptors (Lipinski definition) is 3. The number of rotatable bonds is 5. The number of halogens is 1. The predicted octanol–water partition coefficient (Wildman–Crippen LogP) is 3.10. The van der Waals surface area contributed by atoms with E-state index in [9.17, 15) is 8.42 Å². The minimum absolute atomic E-state index is 0.0352. The summed E-state index contributed by atoms with van der Waals surface area (Å²) in [4.78, 5) is 0.112. The van der Waals surface area contributed by atoms with Gasteiger partial charge in [0.05, 0.1) is 11.0 Å². The fraction of sp³-hybridized carbons (Fsp3) is 0.455. The molecule has 0 aromatic heterocycles. The normalized spacial score (nSPS) is 13.7. The van der Waals surface area contributed by atoms with E-state index < -0.39 is 9.05 Å². The first kappa shape index (κ1) is 13.5. The lowest BCUT2D eigenvalue weighted by molar-refractivity contribution is 0.0662. The third-order valence-electron chi connectivity index (χ3n) is 2.20. The van der Waals surface area contributed by atoms with E-state index in [1.54, 1.807) is 12.1 Å². The van der Waals surface area contributed by atoms with Crippen LogP contribution in [0.5, 0.6) is 0 Å². The highest BCUT2D eigenvalue weighted by molar-refractivity contribution is 8.13. The Bertz CT molecular complexity index is 425. The molecule has 16 heavy (non-hydrogen) atoms. The van der Waals surface area contributed by atoms with E-state index in [2.05, 4.69) is 0 Å². The second-order valence-corrected chi connectivity index (χ2v) is 6.09. The lowest BCUT2D eigenvalue weighted by Crippen LogP contribution is -2.01. The fourth-order valence-electron chi connectivity index (χ4n) is 1.29. The summed E-state index contributed by atoms with van der Waals surface area (Å²) in [5.41, 5.74) is 0.942. The minimum Gasteiger partial charge on any atom is -0.374 e. The van der Waals surface area contributed by atoms with Gasteiger partial charge in [0, 0.05) is 17.3 Å². The predicted molar refractivity (Wildman–Crippen MR) is 64.1 cm³/mol. The molecule has 0 saturated heterocycles. The molecule has 0 aliphatic rings. The second kappa shape index (κ2) is 5.66. The van der Waals surface area contributed by atoms with Crippen molar-refractivity contribution in [2.75, 3.05) is 6.61 Å². The summed E-state index contributed by atoms with van der Waals surface area (Å²) in [6.07, 6.45) is 0.922. The van der Waals surface area contributed by atoms with Crippen LogP contribution in [0, 0.1) is 0 Å². The Morgan fingerprint density at radius 1 is 1.31 bits per heavy atom. The Hall–Kier alpha value is -0.580. The minimum atomic E-state index is -3.63. The van der Waals surface area contributed by atoms with E-state index in [-0.39, 0.29) is 11.0 Å². The Labute approximate surface area is 101 Å². The van der Waals surface area contributed by atoms with Crippen molar-refractivity contribution < 1.29 is 13.2 Å². The SMILES string of the molecule is CCCO[C@@H](C)c1ccc(S(=O)(=O)Cl)cc1. The van der Waals surface area contributed by atoms with Gasteiger partial charge in [-0.2, -0.15) is 0 Å². The summed E-state index contributed by atoms with van der Waals surface area (Å²) < 4.78 is 27.6. The summed E-state index contributed by atoms with van der Waals surface area (Å²) in [6, 6.07) is 6.41. The maximum atomic E-state index is 11.0. The van der Waals surface area contributed by atoms with Crippen LogP contribution in [-0.4, -0.2) is 15.0 Å². The molecule has 0 saturated carbocycles. The first-order valence-electron chi connectivity index (χ1n) is 5.11. The largest absolute Gasteiger partial charge is 0.374 e. The van der Waals surface area contributed by atoms with Crippen LogP contribution in [0.15, 0.2) is 29.2 Å². The zero-order valence-corrected chi connectivity index (χ0v) is 10.9. The van der Waals surface area contributed by atoms with Crippen molar-refractivity contribution in [2.45, 2.75) is 31.3 Å². The Morgan fingerprint density at radius 3 is 2.31 bits per heavy atom. The van der Waals surface area contributed by atoms with Crippen molar-refractivity contribution in [1.29, 1.82) is 0 Å². The molecule has 0 aliphatic heterocycles. The lowest BCUT2D eigenvalue weighted by atomic mass is 10.1. The first-order valence-corrected chi connectivity index (χ1v) is 7.42. The summed E-state index contributed by atoms with van der Waals surface area (Å²) in [7, 11) is 1.58. The van der Waals surface area contributed by atoms with Gasteiger partial charge in [0.15, 0.2) is 0 Å². The first-order chi connectivity index (χ1) is 7.45. The molecule has 0 heterocycles. The van der Waals surface area contributed by atoms with Gasteiger partial charge in [0.25, 0.3) is 9.05 Å². The third kappa shape index (κ3) is 3.77. The van der Waals surface area contributed by atoms with Crippen LogP contribution in [0.2, 0.25) is 0 Å². The van der Waals surface area contributed by atoms with Gasteiger partial charge >= 0.3 is 0 Å². The molecule has 0 amide bonds. The molecule has 0 aliphatic carbocycles. The van der Waals surface area contributed by atoms with Gasteiger partial charge in [-0.1, -0.05) is 19.1 Å². The molecular weight excluding hydrogens is 248 g/mol.